The highest BCUT2D eigenvalue weighted by Gasteiger charge is 2.25. The summed E-state index contributed by atoms with van der Waals surface area (Å²) in [5.74, 6) is -2.01. The lowest BCUT2D eigenvalue weighted by Crippen LogP contribution is -2.43. The second-order valence-electron chi connectivity index (χ2n) is 14.6. The van der Waals surface area contributed by atoms with E-state index in [1.807, 2.05) is 0 Å². The van der Waals surface area contributed by atoms with E-state index in [2.05, 4.69) is 19.2 Å². The average Bonchev–Trinajstić information content (AvgIpc) is 3.07. The second-order valence-corrected chi connectivity index (χ2v) is 14.6. The van der Waals surface area contributed by atoms with Crippen molar-refractivity contribution < 1.29 is 24.2 Å². The van der Waals surface area contributed by atoms with Crippen LogP contribution in [0.15, 0.2) is 0 Å². The number of carboxylic acid groups (broad SMARTS) is 1. The minimum Gasteiger partial charge on any atom is -0.481 e. The Morgan fingerprint density at radius 3 is 1.06 bits per heavy atom. The highest BCUT2D eigenvalue weighted by Crippen LogP contribution is 2.16. The van der Waals surface area contributed by atoms with E-state index in [1.165, 1.54) is 173 Å². The Balaban J connectivity index is 3.68. The average molecular weight is 680 g/mol. The lowest BCUT2D eigenvalue weighted by molar-refractivity contribution is -0.151. The molecule has 0 aromatic heterocycles. The molecule has 0 aliphatic rings. The van der Waals surface area contributed by atoms with Gasteiger partial charge in [-0.1, -0.05) is 213 Å². The van der Waals surface area contributed by atoms with Crippen molar-refractivity contribution >= 4 is 17.8 Å². The van der Waals surface area contributed by atoms with Crippen LogP contribution in [0.1, 0.15) is 239 Å². The van der Waals surface area contributed by atoms with Gasteiger partial charge in [-0.15, -0.1) is 0 Å². The monoisotopic (exact) mass is 680 g/mol. The zero-order valence-corrected chi connectivity index (χ0v) is 32.1. The predicted molar refractivity (Wildman–Crippen MR) is 203 cm³/mol. The predicted octanol–water partition coefficient (Wildman–Crippen LogP) is 12.8. The summed E-state index contributed by atoms with van der Waals surface area (Å²) in [4.78, 5) is 36.2. The molecule has 284 valence electrons. The molecule has 2 N–H and O–H groups in total. The minimum atomic E-state index is -1.11. The quantitative estimate of drug-likeness (QED) is 0.0498. The van der Waals surface area contributed by atoms with Crippen molar-refractivity contribution in [2.24, 2.45) is 0 Å². The number of hydrogen-bond donors (Lipinski definition) is 2. The van der Waals surface area contributed by atoms with Crippen molar-refractivity contribution in [3.8, 4) is 0 Å². The van der Waals surface area contributed by atoms with Crippen LogP contribution in [0.4, 0.5) is 0 Å². The number of carboxylic acids is 1. The van der Waals surface area contributed by atoms with Crippen LogP contribution in [0.5, 0.6) is 0 Å². The molecule has 0 heterocycles. The molecule has 0 saturated heterocycles. The number of aliphatic carboxylic acids is 1. The first-order chi connectivity index (χ1) is 23.5. The summed E-state index contributed by atoms with van der Waals surface area (Å²) in [5, 5.41) is 11.9. The van der Waals surface area contributed by atoms with E-state index in [9.17, 15) is 19.5 Å². The number of hydrogen-bond acceptors (Lipinski definition) is 4. The zero-order chi connectivity index (χ0) is 35.2. The molecule has 0 bridgehead atoms. The summed E-state index contributed by atoms with van der Waals surface area (Å²) >= 11 is 0. The third-order valence-corrected chi connectivity index (χ3v) is 9.75. The number of unbranched alkanes of at least 4 members (excludes halogenated alkanes) is 31. The summed E-state index contributed by atoms with van der Waals surface area (Å²) < 4.78 is 5.35. The molecular weight excluding hydrogens is 598 g/mol. The van der Waals surface area contributed by atoms with E-state index in [0.717, 1.165) is 38.5 Å². The molecular formula is C42H81NO5. The summed E-state index contributed by atoms with van der Waals surface area (Å²) in [6.45, 7) is 4.82. The highest BCUT2D eigenvalue weighted by molar-refractivity contribution is 5.87. The third-order valence-electron chi connectivity index (χ3n) is 9.75. The summed E-state index contributed by atoms with van der Waals surface area (Å²) in [7, 11) is 0. The van der Waals surface area contributed by atoms with Gasteiger partial charge in [0.2, 0.25) is 5.91 Å². The van der Waals surface area contributed by atoms with E-state index >= 15 is 0 Å². The Kier molecular flexibility index (Phi) is 36.9. The van der Waals surface area contributed by atoms with Crippen LogP contribution < -0.4 is 5.32 Å². The van der Waals surface area contributed by atoms with Crippen molar-refractivity contribution in [2.45, 2.75) is 245 Å². The van der Waals surface area contributed by atoms with Crippen molar-refractivity contribution in [1.29, 1.82) is 0 Å². The molecule has 0 aromatic carbocycles. The van der Waals surface area contributed by atoms with Crippen LogP contribution in [-0.2, 0) is 19.1 Å². The van der Waals surface area contributed by atoms with Gasteiger partial charge in [-0.25, -0.2) is 4.79 Å². The van der Waals surface area contributed by atoms with Crippen molar-refractivity contribution in [2.75, 3.05) is 6.61 Å². The molecule has 0 saturated carbocycles. The number of ether oxygens (including phenoxy) is 1. The van der Waals surface area contributed by atoms with Crippen LogP contribution in [0, 0.1) is 0 Å². The molecule has 1 atom stereocenters. The SMILES string of the molecule is CCCCCCCCCCCCCCCCCCCCOC(=O)[C@H](CC(=O)O)NC(=O)CCCCCCCCCCCCCCCCC. The maximum atomic E-state index is 12.5. The molecule has 48 heavy (non-hydrogen) atoms. The molecule has 0 aliphatic carbocycles. The number of carbonyl (C=O) groups is 3. The van der Waals surface area contributed by atoms with Gasteiger partial charge < -0.3 is 15.2 Å². The van der Waals surface area contributed by atoms with Gasteiger partial charge >= 0.3 is 11.9 Å². The van der Waals surface area contributed by atoms with Gasteiger partial charge in [0.05, 0.1) is 13.0 Å². The zero-order valence-electron chi connectivity index (χ0n) is 32.1. The normalized spacial score (nSPS) is 11.9. The van der Waals surface area contributed by atoms with Crippen LogP contribution in [0.3, 0.4) is 0 Å². The van der Waals surface area contributed by atoms with Crippen LogP contribution >= 0.6 is 0 Å². The molecule has 0 rings (SSSR count). The second kappa shape index (κ2) is 38.2. The fourth-order valence-corrected chi connectivity index (χ4v) is 6.57. The van der Waals surface area contributed by atoms with Crippen LogP contribution in [-0.4, -0.2) is 35.6 Å². The Hall–Kier alpha value is -1.59. The van der Waals surface area contributed by atoms with E-state index in [1.54, 1.807) is 0 Å². The number of esters is 1. The fraction of sp³-hybridized carbons (Fsp3) is 0.929. The summed E-state index contributed by atoms with van der Waals surface area (Å²) in [6, 6.07) is -1.11. The maximum Gasteiger partial charge on any atom is 0.329 e. The van der Waals surface area contributed by atoms with Gasteiger partial charge in [0, 0.05) is 6.42 Å². The van der Waals surface area contributed by atoms with E-state index in [4.69, 9.17) is 4.74 Å². The van der Waals surface area contributed by atoms with Gasteiger partial charge in [-0.2, -0.15) is 0 Å². The fourth-order valence-electron chi connectivity index (χ4n) is 6.57. The Morgan fingerprint density at radius 2 is 0.750 bits per heavy atom. The maximum absolute atomic E-state index is 12.5. The van der Waals surface area contributed by atoms with Crippen molar-refractivity contribution in [1.82, 2.24) is 5.32 Å². The van der Waals surface area contributed by atoms with Gasteiger partial charge in [-0.3, -0.25) is 9.59 Å². The molecule has 6 heteroatoms. The van der Waals surface area contributed by atoms with Crippen LogP contribution in [0.25, 0.3) is 0 Å². The van der Waals surface area contributed by atoms with Gasteiger partial charge in [0.1, 0.15) is 6.04 Å². The Labute approximate surface area is 298 Å². The molecule has 0 fully saturated rings. The van der Waals surface area contributed by atoms with Gasteiger partial charge in [-0.05, 0) is 12.8 Å². The largest absolute Gasteiger partial charge is 0.481 e. The van der Waals surface area contributed by atoms with Crippen molar-refractivity contribution in [3.05, 3.63) is 0 Å². The Bertz CT molecular complexity index is 712. The standard InChI is InChI=1S/C42H81NO5/c1-3-5-7-9-11-13-15-17-19-20-21-23-25-27-29-31-33-35-37-48-42(47)39(38-41(45)46)43-40(44)36-34-32-30-28-26-24-22-18-16-14-12-10-8-6-4-2/h39H,3-38H2,1-2H3,(H,43,44)(H,45,46)/t39-/m0/s1. The number of amides is 1. The van der Waals surface area contributed by atoms with E-state index < -0.39 is 24.4 Å². The van der Waals surface area contributed by atoms with Crippen LogP contribution in [0.2, 0.25) is 0 Å². The summed E-state index contributed by atoms with van der Waals surface area (Å²) in [5.41, 5.74) is 0. The first kappa shape index (κ1) is 46.4. The molecule has 0 aromatic rings. The number of carbonyl (C=O) groups excluding carboxylic acids is 2. The first-order valence-electron chi connectivity index (χ1n) is 21.2. The molecule has 6 nitrogen and oxygen atoms in total. The third kappa shape index (κ3) is 35.7. The van der Waals surface area contributed by atoms with E-state index in [-0.39, 0.29) is 12.5 Å². The molecule has 0 aliphatic heterocycles. The lowest BCUT2D eigenvalue weighted by Gasteiger charge is -2.16. The smallest absolute Gasteiger partial charge is 0.329 e. The Morgan fingerprint density at radius 1 is 0.458 bits per heavy atom. The molecule has 0 unspecified atom stereocenters. The summed E-state index contributed by atoms with van der Waals surface area (Å²) in [6.07, 6.45) is 42.2. The van der Waals surface area contributed by atoms with Gasteiger partial charge in [0.25, 0.3) is 0 Å². The molecule has 0 radical (unpaired) electrons. The number of rotatable bonds is 39. The topological polar surface area (TPSA) is 92.7 Å². The van der Waals surface area contributed by atoms with Crippen molar-refractivity contribution in [3.63, 3.8) is 0 Å². The van der Waals surface area contributed by atoms with E-state index in [0.29, 0.717) is 6.42 Å². The van der Waals surface area contributed by atoms with Gasteiger partial charge in [0.15, 0.2) is 0 Å². The minimum absolute atomic E-state index is 0.263. The molecule has 0 spiro atoms. The number of nitrogens with one attached hydrogen (secondary N) is 1. The first-order valence-corrected chi connectivity index (χ1v) is 21.2. The highest BCUT2D eigenvalue weighted by atomic mass is 16.5. The molecule has 1 amide bonds. The lowest BCUT2D eigenvalue weighted by atomic mass is 10.0.